The summed E-state index contributed by atoms with van der Waals surface area (Å²) in [4.78, 5) is 22.4. The fourth-order valence-electron chi connectivity index (χ4n) is 1.69. The third-order valence-corrected chi connectivity index (χ3v) is 5.12. The number of aliphatic carboxylic acids is 1. The van der Waals surface area contributed by atoms with Crippen LogP contribution in [0, 0.1) is 0 Å². The molecule has 0 radical (unpaired) electrons. The Bertz CT molecular complexity index is 622. The SMILES string of the molecule is CC(C)S(=O)(=O)c1ccccc1C(=O)NCCCC(=O)O. The predicted octanol–water partition coefficient (Wildman–Crippen LogP) is 1.46. The number of carboxylic acids is 1. The van der Waals surface area contributed by atoms with Crippen LogP contribution in [0.2, 0.25) is 0 Å². The third kappa shape index (κ3) is 4.56. The van der Waals surface area contributed by atoms with Crippen LogP contribution >= 0.6 is 0 Å². The molecule has 0 bridgehead atoms. The largest absolute Gasteiger partial charge is 0.481 e. The maximum absolute atomic E-state index is 12.2. The van der Waals surface area contributed by atoms with E-state index in [9.17, 15) is 18.0 Å². The molecule has 1 aromatic carbocycles. The minimum atomic E-state index is -3.55. The molecule has 116 valence electrons. The molecule has 0 aliphatic rings. The molecule has 0 heterocycles. The molecular weight excluding hydrogens is 294 g/mol. The molecule has 6 nitrogen and oxygen atoms in total. The van der Waals surface area contributed by atoms with E-state index in [1.165, 1.54) is 12.1 Å². The van der Waals surface area contributed by atoms with Crippen molar-refractivity contribution in [1.82, 2.24) is 5.32 Å². The first-order chi connectivity index (χ1) is 9.76. The van der Waals surface area contributed by atoms with Crippen LogP contribution < -0.4 is 5.32 Å². The minimum Gasteiger partial charge on any atom is -0.481 e. The van der Waals surface area contributed by atoms with E-state index in [2.05, 4.69) is 5.32 Å². The lowest BCUT2D eigenvalue weighted by Gasteiger charge is -2.12. The molecule has 21 heavy (non-hydrogen) atoms. The molecule has 0 spiro atoms. The van der Waals surface area contributed by atoms with E-state index in [-0.39, 0.29) is 23.4 Å². The molecule has 0 unspecified atom stereocenters. The van der Waals surface area contributed by atoms with E-state index in [0.29, 0.717) is 6.42 Å². The van der Waals surface area contributed by atoms with Gasteiger partial charge in [-0.2, -0.15) is 0 Å². The van der Waals surface area contributed by atoms with E-state index < -0.39 is 27.0 Å². The molecule has 0 saturated carbocycles. The van der Waals surface area contributed by atoms with Crippen molar-refractivity contribution in [3.05, 3.63) is 29.8 Å². The van der Waals surface area contributed by atoms with Crippen LogP contribution in [0.5, 0.6) is 0 Å². The number of benzene rings is 1. The van der Waals surface area contributed by atoms with Crippen LogP contribution in [0.3, 0.4) is 0 Å². The van der Waals surface area contributed by atoms with Gasteiger partial charge in [0, 0.05) is 13.0 Å². The van der Waals surface area contributed by atoms with Gasteiger partial charge in [-0.1, -0.05) is 12.1 Å². The zero-order valence-electron chi connectivity index (χ0n) is 12.0. The van der Waals surface area contributed by atoms with Crippen LogP contribution in [-0.4, -0.2) is 37.2 Å². The lowest BCUT2D eigenvalue weighted by molar-refractivity contribution is -0.137. The van der Waals surface area contributed by atoms with Gasteiger partial charge in [-0.3, -0.25) is 9.59 Å². The summed E-state index contributed by atoms with van der Waals surface area (Å²) in [5.41, 5.74) is 0.0847. The molecule has 1 amide bonds. The van der Waals surface area contributed by atoms with Crippen LogP contribution in [0.25, 0.3) is 0 Å². The van der Waals surface area contributed by atoms with E-state index in [1.807, 2.05) is 0 Å². The summed E-state index contributed by atoms with van der Waals surface area (Å²) < 4.78 is 24.4. The number of carbonyl (C=O) groups is 2. The summed E-state index contributed by atoms with van der Waals surface area (Å²) in [5, 5.41) is 10.4. The Morgan fingerprint density at radius 3 is 2.43 bits per heavy atom. The molecule has 0 atom stereocenters. The number of rotatable bonds is 7. The summed E-state index contributed by atoms with van der Waals surface area (Å²) in [6.45, 7) is 3.29. The van der Waals surface area contributed by atoms with Gasteiger partial charge in [-0.25, -0.2) is 8.42 Å². The number of hydrogen-bond donors (Lipinski definition) is 2. The molecule has 0 aliphatic heterocycles. The summed E-state index contributed by atoms with van der Waals surface area (Å²) >= 11 is 0. The van der Waals surface area contributed by atoms with Gasteiger partial charge in [-0.05, 0) is 32.4 Å². The van der Waals surface area contributed by atoms with Gasteiger partial charge in [0.2, 0.25) is 0 Å². The fourth-order valence-corrected chi connectivity index (χ4v) is 2.94. The fraction of sp³-hybridized carbons (Fsp3) is 0.429. The maximum Gasteiger partial charge on any atom is 0.303 e. The number of sulfone groups is 1. The Labute approximate surface area is 124 Å². The van der Waals surface area contributed by atoms with Crippen LogP contribution in [0.4, 0.5) is 0 Å². The van der Waals surface area contributed by atoms with Crippen molar-refractivity contribution in [1.29, 1.82) is 0 Å². The van der Waals surface area contributed by atoms with Crippen LogP contribution in [0.1, 0.15) is 37.0 Å². The molecule has 0 saturated heterocycles. The quantitative estimate of drug-likeness (QED) is 0.742. The second-order valence-electron chi connectivity index (χ2n) is 4.84. The zero-order chi connectivity index (χ0) is 16.0. The van der Waals surface area contributed by atoms with Crippen molar-refractivity contribution in [2.24, 2.45) is 0 Å². The van der Waals surface area contributed by atoms with Gasteiger partial charge in [0.25, 0.3) is 5.91 Å². The molecule has 0 fully saturated rings. The van der Waals surface area contributed by atoms with Crippen molar-refractivity contribution in [2.75, 3.05) is 6.54 Å². The average molecular weight is 313 g/mol. The lowest BCUT2D eigenvalue weighted by atomic mass is 10.2. The van der Waals surface area contributed by atoms with Crippen LogP contribution in [0.15, 0.2) is 29.2 Å². The number of hydrogen-bond acceptors (Lipinski definition) is 4. The Kier molecular flexibility index (Phi) is 5.90. The molecule has 0 aromatic heterocycles. The monoisotopic (exact) mass is 313 g/mol. The number of nitrogens with one attached hydrogen (secondary N) is 1. The standard InChI is InChI=1S/C14H19NO5S/c1-10(2)21(19,20)12-7-4-3-6-11(12)14(18)15-9-5-8-13(16)17/h3-4,6-7,10H,5,8-9H2,1-2H3,(H,15,18)(H,16,17). The van der Waals surface area contributed by atoms with Crippen molar-refractivity contribution in [2.45, 2.75) is 36.8 Å². The van der Waals surface area contributed by atoms with Gasteiger partial charge >= 0.3 is 5.97 Å². The highest BCUT2D eigenvalue weighted by Gasteiger charge is 2.24. The van der Waals surface area contributed by atoms with Gasteiger partial charge in [0.05, 0.1) is 15.7 Å². The number of carbonyl (C=O) groups excluding carboxylic acids is 1. The smallest absolute Gasteiger partial charge is 0.303 e. The molecule has 7 heteroatoms. The maximum atomic E-state index is 12.2. The molecule has 1 aromatic rings. The Morgan fingerprint density at radius 2 is 1.86 bits per heavy atom. The second kappa shape index (κ2) is 7.21. The first-order valence-electron chi connectivity index (χ1n) is 6.59. The summed E-state index contributed by atoms with van der Waals surface area (Å²) in [6, 6.07) is 6.01. The first-order valence-corrected chi connectivity index (χ1v) is 8.14. The topological polar surface area (TPSA) is 101 Å². The van der Waals surface area contributed by atoms with E-state index in [4.69, 9.17) is 5.11 Å². The molecular formula is C14H19NO5S. The Morgan fingerprint density at radius 1 is 1.24 bits per heavy atom. The summed E-state index contributed by atoms with van der Waals surface area (Å²) in [6.07, 6.45) is 0.242. The lowest BCUT2D eigenvalue weighted by Crippen LogP contribution is -2.27. The summed E-state index contributed by atoms with van der Waals surface area (Å²) in [7, 11) is -3.55. The van der Waals surface area contributed by atoms with Gasteiger partial charge in [0.15, 0.2) is 9.84 Å². The van der Waals surface area contributed by atoms with E-state index >= 15 is 0 Å². The normalized spacial score (nSPS) is 11.4. The number of amides is 1. The highest BCUT2D eigenvalue weighted by Crippen LogP contribution is 2.20. The van der Waals surface area contributed by atoms with Crippen molar-refractivity contribution in [3.8, 4) is 0 Å². The van der Waals surface area contributed by atoms with Crippen LogP contribution in [-0.2, 0) is 14.6 Å². The molecule has 2 N–H and O–H groups in total. The molecule has 0 aliphatic carbocycles. The van der Waals surface area contributed by atoms with Gasteiger partial charge < -0.3 is 10.4 Å². The Hall–Kier alpha value is -1.89. The van der Waals surface area contributed by atoms with Crippen molar-refractivity contribution < 1.29 is 23.1 Å². The average Bonchev–Trinajstić information content (AvgIpc) is 2.43. The second-order valence-corrected chi connectivity index (χ2v) is 7.32. The van der Waals surface area contributed by atoms with Crippen molar-refractivity contribution in [3.63, 3.8) is 0 Å². The first kappa shape index (κ1) is 17.2. The van der Waals surface area contributed by atoms with E-state index in [1.54, 1.807) is 26.0 Å². The highest BCUT2D eigenvalue weighted by atomic mass is 32.2. The Balaban J connectivity index is 2.89. The van der Waals surface area contributed by atoms with Gasteiger partial charge in [-0.15, -0.1) is 0 Å². The third-order valence-electron chi connectivity index (χ3n) is 2.91. The summed E-state index contributed by atoms with van der Waals surface area (Å²) in [5.74, 6) is -1.45. The van der Waals surface area contributed by atoms with Crippen molar-refractivity contribution >= 4 is 21.7 Å². The van der Waals surface area contributed by atoms with E-state index in [0.717, 1.165) is 0 Å². The predicted molar refractivity (Wildman–Crippen MR) is 78.0 cm³/mol. The minimum absolute atomic E-state index is 0.00395. The zero-order valence-corrected chi connectivity index (χ0v) is 12.8. The molecule has 1 rings (SSSR count). The highest BCUT2D eigenvalue weighted by molar-refractivity contribution is 7.92. The van der Waals surface area contributed by atoms with Gasteiger partial charge in [0.1, 0.15) is 0 Å². The number of carboxylic acid groups (broad SMARTS) is 1.